The average Bonchev–Trinajstić information content (AvgIpc) is 2.78. The maximum absolute atomic E-state index is 2.57. The van der Waals surface area contributed by atoms with Gasteiger partial charge in [-0.25, -0.2) is 0 Å². The van der Waals surface area contributed by atoms with Crippen LogP contribution in [-0.4, -0.2) is 24.5 Å². The zero-order valence-electron chi connectivity index (χ0n) is 8.90. The summed E-state index contributed by atoms with van der Waals surface area (Å²) in [5.41, 5.74) is 0.737. The molecule has 0 heterocycles. The Morgan fingerprint density at radius 2 is 1.83 bits per heavy atom. The summed E-state index contributed by atoms with van der Waals surface area (Å²) >= 11 is 0. The van der Waals surface area contributed by atoms with Crippen LogP contribution < -0.4 is 0 Å². The van der Waals surface area contributed by atoms with E-state index in [2.05, 4.69) is 25.7 Å². The van der Waals surface area contributed by atoms with Crippen LogP contribution in [0.5, 0.6) is 0 Å². The number of nitrogens with zero attached hydrogens (tertiary/aromatic N) is 1. The summed E-state index contributed by atoms with van der Waals surface area (Å²) in [5.74, 6) is 0. The molecule has 1 fully saturated rings. The molecule has 0 aromatic rings. The summed E-state index contributed by atoms with van der Waals surface area (Å²) in [7, 11) is 0. The zero-order chi connectivity index (χ0) is 9.03. The molecule has 0 amide bonds. The fraction of sp³-hybridized carbons (Fsp3) is 1.00. The van der Waals surface area contributed by atoms with Crippen LogP contribution in [0.1, 0.15) is 46.5 Å². The van der Waals surface area contributed by atoms with Crippen molar-refractivity contribution in [2.24, 2.45) is 5.41 Å². The molecule has 0 saturated heterocycles. The quantitative estimate of drug-likeness (QED) is 0.591. The van der Waals surface area contributed by atoms with Gasteiger partial charge in [0, 0.05) is 0 Å². The van der Waals surface area contributed by atoms with Gasteiger partial charge in [0.05, 0.1) is 0 Å². The molecule has 1 nitrogen and oxygen atoms in total. The molecule has 0 aromatic carbocycles. The van der Waals surface area contributed by atoms with E-state index in [1.54, 1.807) is 0 Å². The van der Waals surface area contributed by atoms with E-state index in [0.717, 1.165) is 5.41 Å². The zero-order valence-corrected chi connectivity index (χ0v) is 8.90. The monoisotopic (exact) mass is 169 g/mol. The third-order valence-corrected chi connectivity index (χ3v) is 3.12. The van der Waals surface area contributed by atoms with E-state index in [0.29, 0.717) is 0 Å². The van der Waals surface area contributed by atoms with E-state index in [1.807, 2.05) is 0 Å². The molecule has 0 aliphatic heterocycles. The predicted molar refractivity (Wildman–Crippen MR) is 54.4 cm³/mol. The Kier molecular flexibility index (Phi) is 3.57. The third kappa shape index (κ3) is 3.14. The van der Waals surface area contributed by atoms with Gasteiger partial charge in [-0.2, -0.15) is 0 Å². The molecule has 1 rings (SSSR count). The first-order chi connectivity index (χ1) is 5.70. The molecule has 0 atom stereocenters. The maximum atomic E-state index is 2.57. The third-order valence-electron chi connectivity index (χ3n) is 3.12. The van der Waals surface area contributed by atoms with Crippen LogP contribution in [-0.2, 0) is 0 Å². The van der Waals surface area contributed by atoms with E-state index in [9.17, 15) is 0 Å². The standard InChI is InChI=1S/C11H23N/c1-4-9-12(5-2)10-8-11(3)6-7-11/h4-10H2,1-3H3. The minimum atomic E-state index is 0.737. The second-order valence-electron chi connectivity index (χ2n) is 4.49. The van der Waals surface area contributed by atoms with Crippen molar-refractivity contribution >= 4 is 0 Å². The average molecular weight is 169 g/mol. The van der Waals surface area contributed by atoms with E-state index in [4.69, 9.17) is 0 Å². The molecule has 1 aliphatic carbocycles. The van der Waals surface area contributed by atoms with E-state index < -0.39 is 0 Å². The number of hydrogen-bond donors (Lipinski definition) is 0. The summed E-state index contributed by atoms with van der Waals surface area (Å²) in [6, 6.07) is 0. The van der Waals surface area contributed by atoms with Gasteiger partial charge >= 0.3 is 0 Å². The Morgan fingerprint density at radius 3 is 2.25 bits per heavy atom. The smallest absolute Gasteiger partial charge is 0.00137 e. The van der Waals surface area contributed by atoms with Crippen LogP contribution in [0.25, 0.3) is 0 Å². The molecule has 0 bridgehead atoms. The van der Waals surface area contributed by atoms with Crippen molar-refractivity contribution in [1.29, 1.82) is 0 Å². The minimum absolute atomic E-state index is 0.737. The van der Waals surface area contributed by atoms with Gasteiger partial charge < -0.3 is 4.90 Å². The Hall–Kier alpha value is -0.0400. The Bertz CT molecular complexity index is 127. The van der Waals surface area contributed by atoms with Gasteiger partial charge in [-0.15, -0.1) is 0 Å². The highest BCUT2D eigenvalue weighted by Gasteiger charge is 2.36. The van der Waals surface area contributed by atoms with Crippen LogP contribution in [0.2, 0.25) is 0 Å². The van der Waals surface area contributed by atoms with Gasteiger partial charge in [-0.3, -0.25) is 0 Å². The fourth-order valence-electron chi connectivity index (χ4n) is 1.64. The minimum Gasteiger partial charge on any atom is -0.304 e. The van der Waals surface area contributed by atoms with Crippen molar-refractivity contribution in [2.75, 3.05) is 19.6 Å². The fourth-order valence-corrected chi connectivity index (χ4v) is 1.64. The van der Waals surface area contributed by atoms with Crippen LogP contribution >= 0.6 is 0 Å². The topological polar surface area (TPSA) is 3.24 Å². The first-order valence-corrected chi connectivity index (χ1v) is 5.42. The lowest BCUT2D eigenvalue weighted by Crippen LogP contribution is -2.26. The van der Waals surface area contributed by atoms with Gasteiger partial charge in [0.15, 0.2) is 0 Å². The van der Waals surface area contributed by atoms with Gasteiger partial charge in [0.1, 0.15) is 0 Å². The van der Waals surface area contributed by atoms with Crippen LogP contribution in [0.3, 0.4) is 0 Å². The summed E-state index contributed by atoms with van der Waals surface area (Å²) in [6.45, 7) is 10.8. The lowest BCUT2D eigenvalue weighted by molar-refractivity contribution is 0.262. The maximum Gasteiger partial charge on any atom is -0.00137 e. The van der Waals surface area contributed by atoms with E-state index in [-0.39, 0.29) is 0 Å². The molecule has 1 heteroatoms. The van der Waals surface area contributed by atoms with Gasteiger partial charge in [-0.1, -0.05) is 20.8 Å². The van der Waals surface area contributed by atoms with Crippen molar-refractivity contribution in [1.82, 2.24) is 4.90 Å². The first kappa shape index (κ1) is 10.0. The molecule has 1 saturated carbocycles. The van der Waals surface area contributed by atoms with Crippen molar-refractivity contribution < 1.29 is 0 Å². The van der Waals surface area contributed by atoms with E-state index >= 15 is 0 Å². The molecule has 12 heavy (non-hydrogen) atoms. The normalized spacial score (nSPS) is 20.0. The Morgan fingerprint density at radius 1 is 1.17 bits per heavy atom. The summed E-state index contributed by atoms with van der Waals surface area (Å²) in [5, 5.41) is 0. The predicted octanol–water partition coefficient (Wildman–Crippen LogP) is 2.91. The summed E-state index contributed by atoms with van der Waals surface area (Å²) in [4.78, 5) is 2.57. The number of hydrogen-bond acceptors (Lipinski definition) is 1. The lowest BCUT2D eigenvalue weighted by atomic mass is 10.1. The molecular weight excluding hydrogens is 146 g/mol. The van der Waals surface area contributed by atoms with Crippen molar-refractivity contribution in [2.45, 2.75) is 46.5 Å². The SMILES string of the molecule is CCCN(CC)CCC1(C)CC1. The molecule has 0 radical (unpaired) electrons. The molecule has 72 valence electrons. The molecule has 0 aromatic heterocycles. The Labute approximate surface area is 77.1 Å². The lowest BCUT2D eigenvalue weighted by Gasteiger charge is -2.21. The number of rotatable bonds is 6. The molecule has 0 spiro atoms. The van der Waals surface area contributed by atoms with Crippen molar-refractivity contribution in [3.05, 3.63) is 0 Å². The molecular formula is C11H23N. The van der Waals surface area contributed by atoms with E-state index in [1.165, 1.54) is 45.3 Å². The van der Waals surface area contributed by atoms with Crippen molar-refractivity contribution in [3.8, 4) is 0 Å². The van der Waals surface area contributed by atoms with Crippen molar-refractivity contribution in [3.63, 3.8) is 0 Å². The first-order valence-electron chi connectivity index (χ1n) is 5.42. The second kappa shape index (κ2) is 4.27. The molecule has 1 aliphatic rings. The Balaban J connectivity index is 2.10. The highest BCUT2D eigenvalue weighted by Crippen LogP contribution is 2.48. The second-order valence-corrected chi connectivity index (χ2v) is 4.49. The highest BCUT2D eigenvalue weighted by molar-refractivity contribution is 4.88. The summed E-state index contributed by atoms with van der Waals surface area (Å²) < 4.78 is 0. The summed E-state index contributed by atoms with van der Waals surface area (Å²) in [6.07, 6.45) is 5.65. The highest BCUT2D eigenvalue weighted by atomic mass is 15.1. The van der Waals surface area contributed by atoms with Crippen LogP contribution in [0, 0.1) is 5.41 Å². The van der Waals surface area contributed by atoms with Crippen LogP contribution in [0.4, 0.5) is 0 Å². The molecule has 0 unspecified atom stereocenters. The molecule has 0 N–H and O–H groups in total. The van der Waals surface area contributed by atoms with Gasteiger partial charge in [0.25, 0.3) is 0 Å². The van der Waals surface area contributed by atoms with Gasteiger partial charge in [-0.05, 0) is 50.7 Å². The van der Waals surface area contributed by atoms with Crippen LogP contribution in [0.15, 0.2) is 0 Å². The largest absolute Gasteiger partial charge is 0.304 e. The van der Waals surface area contributed by atoms with Gasteiger partial charge in [0.2, 0.25) is 0 Å².